The lowest BCUT2D eigenvalue weighted by molar-refractivity contribution is -0.119. The number of para-hydroxylation sites is 1. The molecule has 3 N–H and O–H groups in total. The van der Waals surface area contributed by atoms with Crippen LogP contribution in [-0.2, 0) is 16.0 Å². The van der Waals surface area contributed by atoms with Crippen LogP contribution in [0.2, 0.25) is 0 Å². The third-order valence-electron chi connectivity index (χ3n) is 5.53. The molecule has 0 spiro atoms. The van der Waals surface area contributed by atoms with Crippen molar-refractivity contribution < 1.29 is 9.59 Å². The molecule has 0 bridgehead atoms. The normalized spacial score (nSPS) is 17.8. The quantitative estimate of drug-likeness (QED) is 0.640. The molecular weight excluding hydrogens is 392 g/mol. The Kier molecular flexibility index (Phi) is 5.70. The lowest BCUT2D eigenvalue weighted by atomic mass is 9.91. The third kappa shape index (κ3) is 4.28. The van der Waals surface area contributed by atoms with Crippen molar-refractivity contribution in [2.24, 2.45) is 5.73 Å². The number of carbonyl (C=O) groups is 2. The largest absolute Gasteiger partial charge is 0.378 e. The van der Waals surface area contributed by atoms with E-state index in [4.69, 9.17) is 5.73 Å². The van der Waals surface area contributed by atoms with E-state index in [1.54, 1.807) is 10.9 Å². The van der Waals surface area contributed by atoms with Gasteiger partial charge in [-0.1, -0.05) is 30.3 Å². The number of amides is 2. The molecule has 31 heavy (non-hydrogen) atoms. The van der Waals surface area contributed by atoms with Gasteiger partial charge >= 0.3 is 0 Å². The van der Waals surface area contributed by atoms with Gasteiger partial charge in [0.05, 0.1) is 30.0 Å². The fraction of sp³-hybridized carbons (Fsp3) is 0.304. The molecule has 2 aromatic carbocycles. The van der Waals surface area contributed by atoms with E-state index in [9.17, 15) is 9.59 Å². The van der Waals surface area contributed by atoms with E-state index in [1.807, 2.05) is 54.3 Å². The van der Waals surface area contributed by atoms with E-state index in [-0.39, 0.29) is 24.4 Å². The molecule has 0 radical (unpaired) electrons. The monoisotopic (exact) mass is 418 g/mol. The molecule has 8 nitrogen and oxygen atoms in total. The van der Waals surface area contributed by atoms with Gasteiger partial charge in [-0.3, -0.25) is 9.59 Å². The number of carbonyl (C=O) groups excluding carboxylic acids is 2. The third-order valence-corrected chi connectivity index (χ3v) is 5.53. The molecular formula is C23H26N6O2. The predicted molar refractivity (Wildman–Crippen MR) is 119 cm³/mol. The van der Waals surface area contributed by atoms with Gasteiger partial charge in [-0.15, -0.1) is 5.10 Å². The van der Waals surface area contributed by atoms with Gasteiger partial charge in [0.1, 0.15) is 0 Å². The van der Waals surface area contributed by atoms with Gasteiger partial charge < -0.3 is 16.0 Å². The lowest BCUT2D eigenvalue weighted by Crippen LogP contribution is -2.44. The summed E-state index contributed by atoms with van der Waals surface area (Å²) in [6.07, 6.45) is 3.08. The Morgan fingerprint density at radius 3 is 2.61 bits per heavy atom. The molecule has 2 atom stereocenters. The Morgan fingerprint density at radius 1 is 1.16 bits per heavy atom. The first-order valence-electron chi connectivity index (χ1n) is 10.4. The van der Waals surface area contributed by atoms with Crippen LogP contribution in [0.4, 0.5) is 11.4 Å². The molecule has 1 aliphatic heterocycles. The molecule has 0 unspecified atom stereocenters. The highest BCUT2D eigenvalue weighted by atomic mass is 16.2. The number of primary amides is 1. The number of hydrogen-bond acceptors (Lipinski definition) is 5. The predicted octanol–water partition coefficient (Wildman–Crippen LogP) is 2.98. The topological polar surface area (TPSA) is 106 Å². The van der Waals surface area contributed by atoms with Crippen LogP contribution in [-0.4, -0.2) is 32.9 Å². The molecule has 0 fully saturated rings. The number of nitrogens with zero attached hydrogens (tertiary/aromatic N) is 4. The van der Waals surface area contributed by atoms with Crippen LogP contribution >= 0.6 is 0 Å². The molecule has 0 saturated carbocycles. The summed E-state index contributed by atoms with van der Waals surface area (Å²) in [5.41, 5.74) is 9.66. The molecule has 1 aliphatic rings. The van der Waals surface area contributed by atoms with Crippen molar-refractivity contribution in [3.63, 3.8) is 0 Å². The molecule has 8 heteroatoms. The van der Waals surface area contributed by atoms with Crippen molar-refractivity contribution in [1.82, 2.24) is 15.0 Å². The first kappa shape index (κ1) is 20.6. The van der Waals surface area contributed by atoms with Gasteiger partial charge in [0.25, 0.3) is 0 Å². The number of fused-ring (bicyclic) bond motifs is 1. The van der Waals surface area contributed by atoms with Gasteiger partial charge in [0.15, 0.2) is 0 Å². The maximum absolute atomic E-state index is 12.5. The van der Waals surface area contributed by atoms with Crippen molar-refractivity contribution in [3.8, 4) is 5.69 Å². The van der Waals surface area contributed by atoms with Gasteiger partial charge in [0, 0.05) is 23.8 Å². The summed E-state index contributed by atoms with van der Waals surface area (Å²) in [6, 6.07) is 16.2. The minimum Gasteiger partial charge on any atom is -0.378 e. The average Bonchev–Trinajstić information content (AvgIpc) is 3.21. The fourth-order valence-corrected chi connectivity index (χ4v) is 4.10. The van der Waals surface area contributed by atoms with E-state index in [2.05, 4.69) is 28.6 Å². The number of aromatic nitrogens is 3. The van der Waals surface area contributed by atoms with Crippen LogP contribution in [0.5, 0.6) is 0 Å². The van der Waals surface area contributed by atoms with Gasteiger partial charge in [-0.05, 0) is 49.2 Å². The van der Waals surface area contributed by atoms with E-state index in [0.717, 1.165) is 29.0 Å². The number of nitrogens with one attached hydrogen (secondary N) is 1. The molecule has 4 rings (SSSR count). The summed E-state index contributed by atoms with van der Waals surface area (Å²) >= 11 is 0. The number of nitrogens with two attached hydrogens (primary N) is 1. The molecule has 2 heterocycles. The molecule has 3 aromatic rings. The summed E-state index contributed by atoms with van der Waals surface area (Å²) in [5, 5.41) is 11.6. The second kappa shape index (κ2) is 8.59. The SMILES string of the molecule is CCC(=O)N1c2ccccc2[C@H](Nc2ccc(-n3cc(CC(N)=O)nn3)cc2)C[C@@H]1C. The molecule has 0 aliphatic carbocycles. The van der Waals surface area contributed by atoms with Crippen LogP contribution in [0.25, 0.3) is 5.69 Å². The van der Waals surface area contributed by atoms with Crippen LogP contribution in [0.1, 0.15) is 44.0 Å². The zero-order valence-electron chi connectivity index (χ0n) is 17.7. The standard InChI is InChI=1S/C23H26N6O2/c1-3-23(31)29-15(2)12-20(19-6-4-5-7-21(19)29)25-16-8-10-18(11-9-16)28-14-17(26-27-28)13-22(24)30/h4-11,14-15,20,25H,3,12-13H2,1-2H3,(H2,24,30)/t15-,20+/m0/s1. The van der Waals surface area contributed by atoms with E-state index in [1.165, 1.54) is 0 Å². The lowest BCUT2D eigenvalue weighted by Gasteiger charge is -2.40. The first-order chi connectivity index (χ1) is 15.0. The highest BCUT2D eigenvalue weighted by Crippen LogP contribution is 2.39. The van der Waals surface area contributed by atoms with Crippen LogP contribution in [0, 0.1) is 0 Å². The van der Waals surface area contributed by atoms with Gasteiger partial charge in [-0.2, -0.15) is 0 Å². The minimum atomic E-state index is -0.437. The fourth-order valence-electron chi connectivity index (χ4n) is 4.10. The summed E-state index contributed by atoms with van der Waals surface area (Å²) in [4.78, 5) is 25.5. The van der Waals surface area contributed by atoms with Crippen LogP contribution < -0.4 is 16.0 Å². The average molecular weight is 419 g/mol. The summed E-state index contributed by atoms with van der Waals surface area (Å²) in [7, 11) is 0. The zero-order chi connectivity index (χ0) is 22.0. The highest BCUT2D eigenvalue weighted by molar-refractivity contribution is 5.95. The number of benzene rings is 2. The molecule has 1 aromatic heterocycles. The zero-order valence-corrected chi connectivity index (χ0v) is 17.7. The maximum Gasteiger partial charge on any atom is 0.226 e. The Labute approximate surface area is 181 Å². The van der Waals surface area contributed by atoms with Crippen molar-refractivity contribution >= 4 is 23.2 Å². The Bertz CT molecular complexity index is 1090. The van der Waals surface area contributed by atoms with Crippen LogP contribution in [0.15, 0.2) is 54.7 Å². The van der Waals surface area contributed by atoms with Crippen molar-refractivity contribution in [3.05, 3.63) is 66.0 Å². The molecule has 2 amide bonds. The van der Waals surface area contributed by atoms with E-state index >= 15 is 0 Å². The van der Waals surface area contributed by atoms with Gasteiger partial charge in [0.2, 0.25) is 11.8 Å². The minimum absolute atomic E-state index is 0.0659. The number of rotatable bonds is 6. The van der Waals surface area contributed by atoms with E-state index < -0.39 is 5.91 Å². The summed E-state index contributed by atoms with van der Waals surface area (Å²) in [6.45, 7) is 3.99. The summed E-state index contributed by atoms with van der Waals surface area (Å²) < 4.78 is 1.62. The first-order valence-corrected chi connectivity index (χ1v) is 10.4. The second-order valence-corrected chi connectivity index (χ2v) is 7.80. The number of hydrogen-bond donors (Lipinski definition) is 2. The molecule has 160 valence electrons. The number of anilines is 2. The second-order valence-electron chi connectivity index (χ2n) is 7.80. The Balaban J connectivity index is 1.53. The van der Waals surface area contributed by atoms with Crippen molar-refractivity contribution in [2.45, 2.75) is 45.2 Å². The molecule has 0 saturated heterocycles. The van der Waals surface area contributed by atoms with E-state index in [0.29, 0.717) is 12.1 Å². The smallest absolute Gasteiger partial charge is 0.226 e. The summed E-state index contributed by atoms with van der Waals surface area (Å²) in [5.74, 6) is -0.293. The van der Waals surface area contributed by atoms with Crippen LogP contribution in [0.3, 0.4) is 0 Å². The Morgan fingerprint density at radius 2 is 1.90 bits per heavy atom. The van der Waals surface area contributed by atoms with Gasteiger partial charge in [-0.25, -0.2) is 4.68 Å². The van der Waals surface area contributed by atoms with Crippen molar-refractivity contribution in [2.75, 3.05) is 10.2 Å². The van der Waals surface area contributed by atoms with Crippen molar-refractivity contribution in [1.29, 1.82) is 0 Å². The maximum atomic E-state index is 12.5. The highest BCUT2D eigenvalue weighted by Gasteiger charge is 2.32. The Hall–Kier alpha value is -3.68.